The van der Waals surface area contributed by atoms with E-state index in [1.54, 1.807) is 18.2 Å². The van der Waals surface area contributed by atoms with Crippen LogP contribution in [0, 0.1) is 0 Å². The van der Waals surface area contributed by atoms with Gasteiger partial charge < -0.3 is 31.8 Å². The summed E-state index contributed by atoms with van der Waals surface area (Å²) in [6.45, 7) is 0.149. The summed E-state index contributed by atoms with van der Waals surface area (Å²) >= 11 is 0.495. The largest absolute Gasteiger partial charge is 0.392 e. The summed E-state index contributed by atoms with van der Waals surface area (Å²) < 4.78 is 9.13. The molecule has 0 aliphatic rings. The maximum Gasteiger partial charge on any atom is 0.312 e. The monoisotopic (exact) mass is 328 g/mol. The van der Waals surface area contributed by atoms with Crippen LogP contribution in [0.25, 0.3) is 0 Å². The molecule has 0 aliphatic heterocycles. The Morgan fingerprint density at radius 3 is 2.68 bits per heavy atom. The zero-order valence-electron chi connectivity index (χ0n) is 11.9. The van der Waals surface area contributed by atoms with E-state index in [0.29, 0.717) is 47.6 Å². The Hall–Kier alpha value is -1.81. The van der Waals surface area contributed by atoms with Crippen LogP contribution >= 0.6 is 12.0 Å². The van der Waals surface area contributed by atoms with Crippen LogP contribution in [0.4, 0.5) is 10.5 Å². The molecule has 1 aromatic rings. The van der Waals surface area contributed by atoms with Gasteiger partial charge in [-0.05, 0) is 30.5 Å². The summed E-state index contributed by atoms with van der Waals surface area (Å²) in [6.07, 6.45) is 0.918. The van der Waals surface area contributed by atoms with E-state index >= 15 is 0 Å². The number of urea groups is 1. The molecule has 0 saturated carbocycles. The van der Waals surface area contributed by atoms with Crippen molar-refractivity contribution in [2.24, 2.45) is 11.5 Å². The second kappa shape index (κ2) is 9.26. The van der Waals surface area contributed by atoms with Gasteiger partial charge in [-0.1, -0.05) is 6.07 Å². The van der Waals surface area contributed by atoms with Gasteiger partial charge in [0.15, 0.2) is 0 Å². The van der Waals surface area contributed by atoms with E-state index < -0.39 is 12.1 Å². The number of nitrogens with one attached hydrogen (secondary N) is 2. The molecule has 0 saturated heterocycles. The first-order valence-electron chi connectivity index (χ1n) is 6.63. The fourth-order valence-electron chi connectivity index (χ4n) is 1.75. The lowest BCUT2D eigenvalue weighted by Crippen LogP contribution is -2.37. The molecule has 0 spiro atoms. The number of anilines is 1. The van der Waals surface area contributed by atoms with E-state index in [0.717, 1.165) is 0 Å². The third kappa shape index (κ3) is 5.90. The molecule has 0 bridgehead atoms. The first kappa shape index (κ1) is 18.2. The van der Waals surface area contributed by atoms with Crippen molar-refractivity contribution in [1.29, 1.82) is 0 Å². The van der Waals surface area contributed by atoms with Gasteiger partial charge in [-0.25, -0.2) is 4.79 Å². The van der Waals surface area contributed by atoms with Crippen LogP contribution < -0.4 is 22.1 Å². The average molecular weight is 328 g/mol. The van der Waals surface area contributed by atoms with E-state index in [1.807, 2.05) is 0 Å². The first-order valence-corrected chi connectivity index (χ1v) is 7.40. The molecule has 1 rings (SSSR count). The van der Waals surface area contributed by atoms with E-state index in [9.17, 15) is 9.59 Å². The van der Waals surface area contributed by atoms with Gasteiger partial charge in [0.1, 0.15) is 0 Å². The molecule has 22 heavy (non-hydrogen) atoms. The van der Waals surface area contributed by atoms with Crippen LogP contribution in [0.1, 0.15) is 18.4 Å². The van der Waals surface area contributed by atoms with E-state index in [2.05, 4.69) is 10.6 Å². The SMILES string of the molecule is NC(=O)NCCCC(N)C(=O)Nc1ccc(CO)c(SO)c1. The van der Waals surface area contributed by atoms with Gasteiger partial charge >= 0.3 is 6.03 Å². The summed E-state index contributed by atoms with van der Waals surface area (Å²) in [7, 11) is 0. The van der Waals surface area contributed by atoms with E-state index in [4.69, 9.17) is 21.1 Å². The number of amides is 3. The second-order valence-corrected chi connectivity index (χ2v) is 5.22. The normalized spacial score (nSPS) is 11.8. The zero-order chi connectivity index (χ0) is 16.5. The first-order chi connectivity index (χ1) is 10.5. The number of carbonyl (C=O) groups is 2. The van der Waals surface area contributed by atoms with Gasteiger partial charge in [0.2, 0.25) is 5.91 Å². The van der Waals surface area contributed by atoms with Crippen molar-refractivity contribution in [1.82, 2.24) is 5.32 Å². The summed E-state index contributed by atoms with van der Waals surface area (Å²) in [6, 6.07) is 3.43. The van der Waals surface area contributed by atoms with Crippen LogP contribution in [0.2, 0.25) is 0 Å². The van der Waals surface area contributed by atoms with Crippen molar-refractivity contribution in [2.75, 3.05) is 11.9 Å². The number of rotatable bonds is 8. The van der Waals surface area contributed by atoms with Crippen molar-refractivity contribution >= 4 is 29.7 Å². The molecule has 0 fully saturated rings. The lowest BCUT2D eigenvalue weighted by atomic mass is 10.1. The van der Waals surface area contributed by atoms with E-state index in [-0.39, 0.29) is 12.5 Å². The number of primary amides is 1. The van der Waals surface area contributed by atoms with Crippen molar-refractivity contribution in [3.05, 3.63) is 23.8 Å². The summed E-state index contributed by atoms with van der Waals surface area (Å²) in [4.78, 5) is 22.9. The quantitative estimate of drug-likeness (QED) is 0.301. The molecule has 0 heterocycles. The maximum atomic E-state index is 11.9. The minimum atomic E-state index is -0.725. The lowest BCUT2D eigenvalue weighted by Gasteiger charge is -2.13. The Balaban J connectivity index is 2.51. The van der Waals surface area contributed by atoms with Crippen LogP contribution in [0.3, 0.4) is 0 Å². The number of aliphatic hydroxyl groups excluding tert-OH is 1. The van der Waals surface area contributed by atoms with E-state index in [1.165, 1.54) is 0 Å². The third-order valence-corrected chi connectivity index (χ3v) is 3.51. The number of nitrogens with two attached hydrogens (primary N) is 2. The number of hydrogen-bond donors (Lipinski definition) is 6. The van der Waals surface area contributed by atoms with Gasteiger partial charge in [0, 0.05) is 29.2 Å². The molecule has 0 radical (unpaired) electrons. The molecule has 8 nitrogen and oxygen atoms in total. The topological polar surface area (TPSA) is 151 Å². The minimum absolute atomic E-state index is 0.205. The molecule has 0 aromatic heterocycles. The fourth-order valence-corrected chi connectivity index (χ4v) is 2.18. The number of carbonyl (C=O) groups excluding carboxylic acids is 2. The van der Waals surface area contributed by atoms with Crippen LogP contribution in [0.15, 0.2) is 23.1 Å². The highest BCUT2D eigenvalue weighted by Gasteiger charge is 2.14. The predicted octanol–water partition coefficient (Wildman–Crippen LogP) is 0.458. The molecule has 9 heteroatoms. The predicted molar refractivity (Wildman–Crippen MR) is 84.3 cm³/mol. The Kier molecular flexibility index (Phi) is 7.67. The maximum absolute atomic E-state index is 11.9. The number of hydrogen-bond acceptors (Lipinski definition) is 6. The van der Waals surface area contributed by atoms with Gasteiger partial charge in [0.05, 0.1) is 12.6 Å². The molecule has 0 aliphatic carbocycles. The molecule has 1 aromatic carbocycles. The highest BCUT2D eigenvalue weighted by Crippen LogP contribution is 2.24. The smallest absolute Gasteiger partial charge is 0.312 e. The number of benzene rings is 1. The van der Waals surface area contributed by atoms with Crippen LogP contribution in [-0.4, -0.2) is 34.2 Å². The summed E-state index contributed by atoms with van der Waals surface area (Å²) in [5, 5.41) is 14.1. The molecule has 1 unspecified atom stereocenters. The summed E-state index contributed by atoms with van der Waals surface area (Å²) in [5.41, 5.74) is 11.7. The van der Waals surface area contributed by atoms with Crippen LogP contribution in [0.5, 0.6) is 0 Å². The molecule has 122 valence electrons. The average Bonchev–Trinajstić information content (AvgIpc) is 2.50. The lowest BCUT2D eigenvalue weighted by molar-refractivity contribution is -0.117. The minimum Gasteiger partial charge on any atom is -0.392 e. The van der Waals surface area contributed by atoms with Gasteiger partial charge in [-0.2, -0.15) is 0 Å². The Morgan fingerprint density at radius 1 is 1.36 bits per heavy atom. The standard InChI is InChI=1S/C13H20N4O4S/c14-10(2-1-5-16-13(15)20)12(19)17-9-4-3-8(7-18)11(6-9)22-21/h3-4,6,10,18,21H,1-2,5,7,14H2,(H,17,19)(H3,15,16,20). The van der Waals surface area contributed by atoms with Crippen molar-refractivity contribution in [3.8, 4) is 0 Å². The molecular weight excluding hydrogens is 308 g/mol. The second-order valence-electron chi connectivity index (χ2n) is 4.60. The zero-order valence-corrected chi connectivity index (χ0v) is 12.7. The molecule has 3 amide bonds. The number of aliphatic hydroxyl groups is 1. The molecule has 8 N–H and O–H groups in total. The van der Waals surface area contributed by atoms with Crippen molar-refractivity contribution in [2.45, 2.75) is 30.4 Å². The van der Waals surface area contributed by atoms with Crippen molar-refractivity contribution < 1.29 is 19.2 Å². The Bertz CT molecular complexity index is 527. The Morgan fingerprint density at radius 2 is 2.09 bits per heavy atom. The fraction of sp³-hybridized carbons (Fsp3) is 0.385. The van der Waals surface area contributed by atoms with Crippen LogP contribution in [-0.2, 0) is 11.4 Å². The van der Waals surface area contributed by atoms with Crippen molar-refractivity contribution in [3.63, 3.8) is 0 Å². The summed E-state index contributed by atoms with van der Waals surface area (Å²) in [5.74, 6) is -0.371. The van der Waals surface area contributed by atoms with Gasteiger partial charge in [-0.3, -0.25) is 4.79 Å². The highest BCUT2D eigenvalue weighted by atomic mass is 32.2. The van der Waals surface area contributed by atoms with Gasteiger partial charge in [0.25, 0.3) is 0 Å². The third-order valence-electron chi connectivity index (χ3n) is 2.93. The molecular formula is C13H20N4O4S. The van der Waals surface area contributed by atoms with Gasteiger partial charge in [-0.15, -0.1) is 0 Å². The molecule has 1 atom stereocenters. The Labute approximate surface area is 132 Å². The highest BCUT2D eigenvalue weighted by molar-refractivity contribution is 7.93.